The summed E-state index contributed by atoms with van der Waals surface area (Å²) in [5.41, 5.74) is 7.09. The van der Waals surface area contributed by atoms with E-state index < -0.39 is 0 Å². The Morgan fingerprint density at radius 2 is 0.633 bits per heavy atom. The van der Waals surface area contributed by atoms with E-state index in [1.165, 1.54) is 49.7 Å². The van der Waals surface area contributed by atoms with Crippen molar-refractivity contribution in [3.8, 4) is 0 Å². The molecule has 0 atom stereocenters. The van der Waals surface area contributed by atoms with Crippen molar-refractivity contribution in [1.82, 2.24) is 0 Å². The molecule has 0 bridgehead atoms. The van der Waals surface area contributed by atoms with Gasteiger partial charge in [-0.15, -0.1) is 0 Å². The first-order valence-electron chi connectivity index (χ1n) is 22.2. The van der Waals surface area contributed by atoms with Crippen LogP contribution in [0.4, 0.5) is 0 Å². The van der Waals surface area contributed by atoms with Gasteiger partial charge in [-0.25, -0.2) is 19.2 Å². The first-order valence-corrected chi connectivity index (χ1v) is 22.2. The highest BCUT2D eigenvalue weighted by atomic mass is 16.6. The van der Waals surface area contributed by atoms with Gasteiger partial charge in [0.25, 0.3) is 0 Å². The second kappa shape index (κ2) is 24.1. The summed E-state index contributed by atoms with van der Waals surface area (Å²) < 4.78 is 22.6. The summed E-state index contributed by atoms with van der Waals surface area (Å²) >= 11 is 0. The van der Waals surface area contributed by atoms with Crippen molar-refractivity contribution in [2.24, 2.45) is 0 Å². The predicted octanol–water partition coefficient (Wildman–Crippen LogP) is 12.6. The van der Waals surface area contributed by atoms with Gasteiger partial charge in [0.05, 0.1) is 22.3 Å². The molecule has 8 heteroatoms. The predicted molar refractivity (Wildman–Crippen MR) is 240 cm³/mol. The second-order valence-electron chi connectivity index (χ2n) is 16.5. The summed E-state index contributed by atoms with van der Waals surface area (Å²) in [7, 11) is 0. The molecule has 0 spiro atoms. The number of ether oxygens (including phenoxy) is 4. The molecule has 8 nitrogen and oxygen atoms in total. The molecule has 2 fully saturated rings. The highest BCUT2D eigenvalue weighted by Gasteiger charge is 2.28. The molecule has 4 aromatic carbocycles. The molecule has 0 amide bonds. The lowest BCUT2D eigenvalue weighted by molar-refractivity contribution is -0.0108. The maximum Gasteiger partial charge on any atom is 0.338 e. The Labute approximate surface area is 360 Å². The average molecular weight is 821 g/mol. The molecule has 0 radical (unpaired) electrons. The number of carbonyl (C=O) groups is 4. The van der Waals surface area contributed by atoms with Gasteiger partial charge in [-0.1, -0.05) is 99.2 Å². The van der Waals surface area contributed by atoms with Gasteiger partial charge in [0, 0.05) is 2.85 Å². The lowest BCUT2D eigenvalue weighted by Crippen LogP contribution is -2.29. The van der Waals surface area contributed by atoms with Crippen LogP contribution in [-0.4, -0.2) is 48.3 Å². The first kappa shape index (κ1) is 45.8. The Balaban J connectivity index is 0.000000330. The summed E-state index contributed by atoms with van der Waals surface area (Å²) in [5.74, 6) is -1.10. The number of esters is 4. The van der Waals surface area contributed by atoms with Crippen molar-refractivity contribution in [2.45, 2.75) is 155 Å². The lowest BCUT2D eigenvalue weighted by Gasteiger charge is -2.28. The molecule has 2 saturated carbocycles. The average Bonchev–Trinajstić information content (AvgIpc) is 3.26. The third-order valence-electron chi connectivity index (χ3n) is 11.4. The number of unbranched alkanes of at least 4 members (excludes halogenated alkanes) is 4. The van der Waals surface area contributed by atoms with Gasteiger partial charge < -0.3 is 18.9 Å². The lowest BCUT2D eigenvalue weighted by atomic mass is 9.94. The van der Waals surface area contributed by atoms with Gasteiger partial charge in [-0.2, -0.15) is 0 Å². The van der Waals surface area contributed by atoms with Crippen LogP contribution in [0.25, 0.3) is 0 Å². The summed E-state index contributed by atoms with van der Waals surface area (Å²) in [6, 6.07) is 30.3. The van der Waals surface area contributed by atoms with Crippen molar-refractivity contribution in [1.29, 1.82) is 0 Å². The van der Waals surface area contributed by atoms with E-state index in [4.69, 9.17) is 18.9 Å². The Bertz CT molecular complexity index is 1790. The SMILES string of the molecule is CCCCCc1ccc(C(=O)OC2CCC(OC(=O)c3ccc(CCCCC)cc3)CC2)cc1.Cc1ccc(C(=O)OC2CCC(OC(=O)c3ccc(C)cc3)CC2)cc1.[HH].[HH]. The molecular weight excluding hydrogens is 753 g/mol. The van der Waals surface area contributed by atoms with E-state index in [0.29, 0.717) is 47.9 Å². The van der Waals surface area contributed by atoms with Crippen LogP contribution in [0.1, 0.15) is 170 Å². The smallest absolute Gasteiger partial charge is 0.338 e. The van der Waals surface area contributed by atoms with Crippen LogP contribution in [0.5, 0.6) is 0 Å². The maximum atomic E-state index is 12.5. The molecule has 60 heavy (non-hydrogen) atoms. The molecule has 0 N–H and O–H groups in total. The van der Waals surface area contributed by atoms with Crippen molar-refractivity contribution in [3.05, 3.63) is 142 Å². The quantitative estimate of drug-likeness (QED) is 0.0625. The van der Waals surface area contributed by atoms with Crippen LogP contribution in [0.3, 0.4) is 0 Å². The van der Waals surface area contributed by atoms with Gasteiger partial charge in [0.2, 0.25) is 0 Å². The van der Waals surface area contributed by atoms with Crippen LogP contribution in [0, 0.1) is 13.8 Å². The highest BCUT2D eigenvalue weighted by molar-refractivity contribution is 5.91. The minimum Gasteiger partial charge on any atom is -0.459 e. The molecule has 324 valence electrons. The zero-order valence-corrected chi connectivity index (χ0v) is 36.1. The Morgan fingerprint density at radius 3 is 0.867 bits per heavy atom. The number of hydrogen-bond acceptors (Lipinski definition) is 8. The fourth-order valence-corrected chi connectivity index (χ4v) is 7.57. The Kier molecular flexibility index (Phi) is 18.4. The molecule has 6 rings (SSSR count). The topological polar surface area (TPSA) is 105 Å². The Hall–Kier alpha value is -5.24. The van der Waals surface area contributed by atoms with E-state index in [2.05, 4.69) is 13.8 Å². The normalized spacial score (nSPS) is 18.6. The third kappa shape index (κ3) is 15.1. The number of hydrogen-bond donors (Lipinski definition) is 0. The minimum atomic E-state index is -0.287. The van der Waals surface area contributed by atoms with Gasteiger partial charge in [-0.05, 0) is 151 Å². The van der Waals surface area contributed by atoms with E-state index in [9.17, 15) is 19.2 Å². The van der Waals surface area contributed by atoms with Crippen molar-refractivity contribution in [3.63, 3.8) is 0 Å². The zero-order valence-electron chi connectivity index (χ0n) is 36.1. The Morgan fingerprint density at radius 1 is 0.400 bits per heavy atom. The van der Waals surface area contributed by atoms with Crippen molar-refractivity contribution in [2.75, 3.05) is 0 Å². The second-order valence-corrected chi connectivity index (χ2v) is 16.5. The van der Waals surface area contributed by atoms with E-state index in [0.717, 1.165) is 49.7 Å². The van der Waals surface area contributed by atoms with E-state index in [1.54, 1.807) is 24.3 Å². The number of carbonyl (C=O) groups excluding carboxylic acids is 4. The number of rotatable bonds is 16. The van der Waals surface area contributed by atoms with Gasteiger partial charge in [0.1, 0.15) is 24.4 Å². The van der Waals surface area contributed by atoms with Crippen LogP contribution in [0.2, 0.25) is 0 Å². The van der Waals surface area contributed by atoms with Crippen LogP contribution in [-0.2, 0) is 31.8 Å². The standard InChI is InChI=1S/C30H40O4.C22H24O4.2H2/c1-3-5-7-9-23-11-15-25(16-12-23)29(31)33-27-19-21-28(22-20-27)34-30(32)26-17-13-24(14-18-26)10-8-6-4-2;1-15-3-7-17(8-4-15)21(23)25-19-11-13-20(14-12-19)26-22(24)18-9-5-16(2)6-10-18;;/h11-18,27-28H,3-10,19-22H2,1-2H3;3-10,19-20H,11-14H2,1-2H3;2*1H. The fraction of sp³-hybridized carbons (Fsp3) is 0.462. The molecule has 0 aromatic heterocycles. The fourth-order valence-electron chi connectivity index (χ4n) is 7.57. The molecule has 2 aliphatic rings. The summed E-state index contributed by atoms with van der Waals surface area (Å²) in [4.78, 5) is 49.4. The van der Waals surface area contributed by atoms with Crippen LogP contribution in [0.15, 0.2) is 97.1 Å². The molecule has 4 aromatic rings. The summed E-state index contributed by atoms with van der Waals surface area (Å²) in [6.07, 6.45) is 14.6. The zero-order chi connectivity index (χ0) is 42.7. The van der Waals surface area contributed by atoms with Crippen molar-refractivity contribution < 1.29 is 41.0 Å². The van der Waals surface area contributed by atoms with Crippen LogP contribution >= 0.6 is 0 Å². The van der Waals surface area contributed by atoms with Crippen LogP contribution < -0.4 is 0 Å². The van der Waals surface area contributed by atoms with E-state index in [1.807, 2.05) is 86.6 Å². The molecule has 0 heterocycles. The third-order valence-corrected chi connectivity index (χ3v) is 11.4. The highest BCUT2D eigenvalue weighted by Crippen LogP contribution is 2.27. The molecule has 0 aliphatic heterocycles. The van der Waals surface area contributed by atoms with Gasteiger partial charge in [0.15, 0.2) is 0 Å². The largest absolute Gasteiger partial charge is 0.459 e. The van der Waals surface area contributed by atoms with Gasteiger partial charge >= 0.3 is 23.9 Å². The molecule has 0 unspecified atom stereocenters. The number of aryl methyl sites for hydroxylation is 4. The minimum absolute atomic E-state index is 0. The monoisotopic (exact) mass is 820 g/mol. The summed E-state index contributed by atoms with van der Waals surface area (Å²) in [5, 5.41) is 0. The van der Waals surface area contributed by atoms with E-state index in [-0.39, 0.29) is 51.1 Å². The molecule has 2 aliphatic carbocycles. The first-order chi connectivity index (χ1) is 29.1. The summed E-state index contributed by atoms with van der Waals surface area (Å²) in [6.45, 7) is 8.36. The molecular formula is C52H68O8. The van der Waals surface area contributed by atoms with Gasteiger partial charge in [-0.3, -0.25) is 0 Å². The molecule has 0 saturated heterocycles. The maximum absolute atomic E-state index is 12.5. The number of benzene rings is 4. The van der Waals surface area contributed by atoms with Crippen molar-refractivity contribution >= 4 is 23.9 Å². The van der Waals surface area contributed by atoms with E-state index >= 15 is 0 Å².